The first-order chi connectivity index (χ1) is 10.1. The second-order valence-electron chi connectivity index (χ2n) is 4.36. The molecule has 110 valence electrons. The van der Waals surface area contributed by atoms with Gasteiger partial charge in [-0.1, -0.05) is 30.7 Å². The van der Waals surface area contributed by atoms with Crippen LogP contribution in [0.1, 0.15) is 12.5 Å². The molecule has 5 heteroatoms. The molecule has 4 nitrogen and oxygen atoms in total. The lowest BCUT2D eigenvalue weighted by Crippen LogP contribution is -2.10. The molecule has 1 amide bonds. The van der Waals surface area contributed by atoms with Crippen molar-refractivity contribution in [3.63, 3.8) is 0 Å². The summed E-state index contributed by atoms with van der Waals surface area (Å²) in [7, 11) is 1.30. The number of nitrogens with one attached hydrogen (secondary N) is 1. The zero-order chi connectivity index (χ0) is 15.2. The Morgan fingerprint density at radius 3 is 2.48 bits per heavy atom. The van der Waals surface area contributed by atoms with Gasteiger partial charge < -0.3 is 9.47 Å². The molecule has 0 aliphatic carbocycles. The van der Waals surface area contributed by atoms with Crippen molar-refractivity contribution < 1.29 is 14.3 Å². The summed E-state index contributed by atoms with van der Waals surface area (Å²) in [5, 5.41) is 2.94. The van der Waals surface area contributed by atoms with Crippen molar-refractivity contribution in [1.82, 2.24) is 0 Å². The summed E-state index contributed by atoms with van der Waals surface area (Å²) in [6, 6.07) is 12.8. The quantitative estimate of drug-likeness (QED) is 0.876. The Morgan fingerprint density at radius 2 is 1.90 bits per heavy atom. The predicted octanol–water partition coefficient (Wildman–Crippen LogP) is 4.87. The molecule has 2 rings (SSSR count). The van der Waals surface area contributed by atoms with Crippen LogP contribution in [-0.2, 0) is 11.2 Å². The first-order valence-corrected chi connectivity index (χ1v) is 6.91. The Balaban J connectivity index is 2.11. The molecule has 21 heavy (non-hydrogen) atoms. The van der Waals surface area contributed by atoms with Gasteiger partial charge in [-0.25, -0.2) is 4.79 Å². The van der Waals surface area contributed by atoms with E-state index in [9.17, 15) is 4.79 Å². The summed E-state index contributed by atoms with van der Waals surface area (Å²) in [6.45, 7) is 2.10. The summed E-state index contributed by atoms with van der Waals surface area (Å²) in [6.07, 6.45) is 0.435. The van der Waals surface area contributed by atoms with E-state index in [2.05, 4.69) is 17.0 Å². The number of hydrogen-bond donors (Lipinski definition) is 1. The van der Waals surface area contributed by atoms with Crippen molar-refractivity contribution in [3.05, 3.63) is 53.1 Å². The number of halogens is 1. The predicted molar refractivity (Wildman–Crippen MR) is 83.4 cm³/mol. The number of carbonyl (C=O) groups excluding carboxylic acids is 1. The smallest absolute Gasteiger partial charge is 0.411 e. The molecule has 0 aromatic heterocycles. The van der Waals surface area contributed by atoms with E-state index in [1.807, 2.05) is 24.3 Å². The van der Waals surface area contributed by atoms with Gasteiger partial charge in [0.05, 0.1) is 12.1 Å². The lowest BCUT2D eigenvalue weighted by molar-refractivity contribution is 0.187. The number of carbonyl (C=O) groups is 1. The number of hydrogen-bond acceptors (Lipinski definition) is 3. The summed E-state index contributed by atoms with van der Waals surface area (Å²) >= 11 is 6.15. The van der Waals surface area contributed by atoms with Crippen LogP contribution in [-0.4, -0.2) is 13.2 Å². The van der Waals surface area contributed by atoms with E-state index in [0.29, 0.717) is 22.2 Å². The van der Waals surface area contributed by atoms with Gasteiger partial charge >= 0.3 is 6.09 Å². The van der Waals surface area contributed by atoms with E-state index in [-0.39, 0.29) is 0 Å². The molecular formula is C16H16ClNO3. The molecular weight excluding hydrogens is 290 g/mol. The van der Waals surface area contributed by atoms with E-state index in [1.165, 1.54) is 12.7 Å². The van der Waals surface area contributed by atoms with Crippen molar-refractivity contribution in [2.75, 3.05) is 12.4 Å². The van der Waals surface area contributed by atoms with Crippen molar-refractivity contribution in [2.45, 2.75) is 13.3 Å². The monoisotopic (exact) mass is 305 g/mol. The number of benzene rings is 2. The minimum absolute atomic E-state index is 0.406. The van der Waals surface area contributed by atoms with Crippen LogP contribution in [0.15, 0.2) is 42.5 Å². The summed E-state index contributed by atoms with van der Waals surface area (Å²) in [5.74, 6) is 1.24. The van der Waals surface area contributed by atoms with E-state index in [0.717, 1.165) is 6.42 Å². The largest absolute Gasteiger partial charge is 0.456 e. The highest BCUT2D eigenvalue weighted by atomic mass is 35.5. The summed E-state index contributed by atoms with van der Waals surface area (Å²) in [5.41, 5.74) is 1.78. The van der Waals surface area contributed by atoms with Gasteiger partial charge in [0.2, 0.25) is 0 Å². The van der Waals surface area contributed by atoms with Gasteiger partial charge in [0, 0.05) is 5.69 Å². The maximum atomic E-state index is 11.1. The molecule has 0 radical (unpaired) electrons. The number of aryl methyl sites for hydroxylation is 1. The average molecular weight is 306 g/mol. The molecule has 0 bridgehead atoms. The van der Waals surface area contributed by atoms with E-state index in [4.69, 9.17) is 16.3 Å². The second kappa shape index (κ2) is 6.99. The molecule has 0 fully saturated rings. The van der Waals surface area contributed by atoms with Gasteiger partial charge in [-0.3, -0.25) is 5.32 Å². The Bertz CT molecular complexity index is 626. The van der Waals surface area contributed by atoms with Crippen LogP contribution in [0.3, 0.4) is 0 Å². The topological polar surface area (TPSA) is 47.6 Å². The lowest BCUT2D eigenvalue weighted by atomic mass is 10.2. The fraction of sp³-hybridized carbons (Fsp3) is 0.188. The van der Waals surface area contributed by atoms with E-state index in [1.54, 1.807) is 18.2 Å². The summed E-state index contributed by atoms with van der Waals surface area (Å²) in [4.78, 5) is 11.1. The fourth-order valence-electron chi connectivity index (χ4n) is 1.75. The molecule has 0 saturated heterocycles. The van der Waals surface area contributed by atoms with Crippen molar-refractivity contribution in [1.29, 1.82) is 0 Å². The highest BCUT2D eigenvalue weighted by Gasteiger charge is 2.07. The van der Waals surface area contributed by atoms with Gasteiger partial charge in [0.15, 0.2) is 0 Å². The van der Waals surface area contributed by atoms with Gasteiger partial charge in [-0.2, -0.15) is 0 Å². The Hall–Kier alpha value is -2.20. The first-order valence-electron chi connectivity index (χ1n) is 6.53. The standard InChI is InChI=1S/C16H16ClNO3/c1-3-11-4-7-13(8-5-11)21-15-9-6-12(10-14(15)17)18-16(19)20-2/h4-10H,3H2,1-2H3,(H,18,19). The third-order valence-corrected chi connectivity index (χ3v) is 3.22. The fourth-order valence-corrected chi connectivity index (χ4v) is 1.97. The number of amides is 1. The lowest BCUT2D eigenvalue weighted by Gasteiger charge is -2.10. The molecule has 0 heterocycles. The van der Waals surface area contributed by atoms with Crippen molar-refractivity contribution in [2.24, 2.45) is 0 Å². The van der Waals surface area contributed by atoms with Crippen LogP contribution in [0.5, 0.6) is 11.5 Å². The Morgan fingerprint density at radius 1 is 1.19 bits per heavy atom. The van der Waals surface area contributed by atoms with E-state index >= 15 is 0 Å². The van der Waals surface area contributed by atoms with Crippen LogP contribution in [0.25, 0.3) is 0 Å². The first kappa shape index (κ1) is 15.2. The zero-order valence-corrected chi connectivity index (χ0v) is 12.6. The molecule has 0 aliphatic rings. The summed E-state index contributed by atoms with van der Waals surface area (Å²) < 4.78 is 10.2. The van der Waals surface area contributed by atoms with Gasteiger partial charge in [-0.05, 0) is 42.3 Å². The Kier molecular flexibility index (Phi) is 5.06. The molecule has 2 aromatic rings. The number of anilines is 1. The van der Waals surface area contributed by atoms with Crippen LogP contribution >= 0.6 is 11.6 Å². The highest BCUT2D eigenvalue weighted by Crippen LogP contribution is 2.31. The third-order valence-electron chi connectivity index (χ3n) is 2.92. The molecule has 1 N–H and O–H groups in total. The van der Waals surface area contributed by atoms with Crippen LogP contribution in [0, 0.1) is 0 Å². The highest BCUT2D eigenvalue weighted by molar-refractivity contribution is 6.32. The minimum atomic E-state index is -0.546. The zero-order valence-electron chi connectivity index (χ0n) is 11.9. The maximum absolute atomic E-state index is 11.1. The van der Waals surface area contributed by atoms with E-state index < -0.39 is 6.09 Å². The average Bonchev–Trinajstić information content (AvgIpc) is 2.50. The van der Waals surface area contributed by atoms with Gasteiger partial charge in [0.25, 0.3) is 0 Å². The molecule has 0 aliphatic heterocycles. The van der Waals surface area contributed by atoms with Crippen molar-refractivity contribution in [3.8, 4) is 11.5 Å². The van der Waals surface area contributed by atoms with Crippen molar-refractivity contribution >= 4 is 23.4 Å². The maximum Gasteiger partial charge on any atom is 0.411 e. The SMILES string of the molecule is CCc1ccc(Oc2ccc(NC(=O)OC)cc2Cl)cc1. The minimum Gasteiger partial charge on any atom is -0.456 e. The molecule has 0 unspecified atom stereocenters. The molecule has 2 aromatic carbocycles. The number of rotatable bonds is 4. The van der Waals surface area contributed by atoms with Crippen LogP contribution < -0.4 is 10.1 Å². The number of methoxy groups -OCH3 is 1. The Labute approximate surface area is 128 Å². The van der Waals surface area contributed by atoms with Crippen LogP contribution in [0.4, 0.5) is 10.5 Å². The normalized spacial score (nSPS) is 10.0. The second-order valence-corrected chi connectivity index (χ2v) is 4.77. The molecule has 0 spiro atoms. The third kappa shape index (κ3) is 4.13. The number of ether oxygens (including phenoxy) is 2. The molecule has 0 saturated carbocycles. The van der Waals surface area contributed by atoms with Crippen LogP contribution in [0.2, 0.25) is 5.02 Å². The van der Waals surface area contributed by atoms with Gasteiger partial charge in [-0.15, -0.1) is 0 Å². The molecule has 0 atom stereocenters. The van der Waals surface area contributed by atoms with Gasteiger partial charge in [0.1, 0.15) is 11.5 Å².